The van der Waals surface area contributed by atoms with Crippen molar-refractivity contribution < 1.29 is 17.9 Å². The van der Waals surface area contributed by atoms with Gasteiger partial charge in [0.2, 0.25) is 15.9 Å². The van der Waals surface area contributed by atoms with Gasteiger partial charge in [-0.25, -0.2) is 8.42 Å². The molecule has 0 bridgehead atoms. The number of anilines is 1. The fourth-order valence-corrected chi connectivity index (χ4v) is 4.84. The lowest BCUT2D eigenvalue weighted by molar-refractivity contribution is -0.122. The van der Waals surface area contributed by atoms with Crippen LogP contribution in [0.4, 0.5) is 5.69 Å². The molecule has 0 aliphatic rings. The van der Waals surface area contributed by atoms with Crippen LogP contribution in [0.3, 0.4) is 0 Å². The van der Waals surface area contributed by atoms with E-state index in [9.17, 15) is 13.2 Å². The number of amides is 1. The van der Waals surface area contributed by atoms with E-state index in [4.69, 9.17) is 4.74 Å². The fourth-order valence-electron chi connectivity index (χ4n) is 3.63. The molecule has 164 valence electrons. The van der Waals surface area contributed by atoms with Gasteiger partial charge in [-0.15, -0.1) is 0 Å². The summed E-state index contributed by atoms with van der Waals surface area (Å²) in [5.74, 6) is 0.285. The quantitative estimate of drug-likeness (QED) is 0.683. The van der Waals surface area contributed by atoms with Crippen molar-refractivity contribution in [1.29, 1.82) is 0 Å². The fraction of sp³-hybridized carbons (Fsp3) is 0.435. The van der Waals surface area contributed by atoms with Crippen LogP contribution in [0.1, 0.15) is 48.6 Å². The summed E-state index contributed by atoms with van der Waals surface area (Å²) >= 11 is 0. The number of aryl methyl sites for hydroxylation is 3. The summed E-state index contributed by atoms with van der Waals surface area (Å²) in [6, 6.07) is 9.72. The Hall–Kier alpha value is -2.54. The van der Waals surface area contributed by atoms with E-state index < -0.39 is 16.1 Å². The van der Waals surface area contributed by atoms with Crippen LogP contribution >= 0.6 is 0 Å². The number of ether oxygens (including phenoxy) is 1. The maximum Gasteiger partial charge on any atom is 0.244 e. The Morgan fingerprint density at radius 2 is 1.63 bits per heavy atom. The number of carbonyl (C=O) groups excluding carboxylic acids is 1. The Kier molecular flexibility index (Phi) is 7.53. The first-order valence-corrected chi connectivity index (χ1v) is 11.9. The average molecular weight is 433 g/mol. The molecular weight excluding hydrogens is 400 g/mol. The number of carbonyl (C=O) groups is 1. The summed E-state index contributed by atoms with van der Waals surface area (Å²) < 4.78 is 31.5. The molecule has 0 radical (unpaired) electrons. The van der Waals surface area contributed by atoms with Crippen molar-refractivity contribution in [2.24, 2.45) is 0 Å². The van der Waals surface area contributed by atoms with Crippen molar-refractivity contribution in [3.8, 4) is 5.75 Å². The van der Waals surface area contributed by atoms with Gasteiger partial charge in [-0.2, -0.15) is 0 Å². The highest BCUT2D eigenvalue weighted by Gasteiger charge is 2.32. The molecule has 0 aliphatic heterocycles. The Morgan fingerprint density at radius 3 is 2.13 bits per heavy atom. The van der Waals surface area contributed by atoms with Gasteiger partial charge in [-0.1, -0.05) is 19.1 Å². The second-order valence-corrected chi connectivity index (χ2v) is 9.56. The molecule has 30 heavy (non-hydrogen) atoms. The molecule has 1 amide bonds. The topological polar surface area (TPSA) is 75.7 Å². The lowest BCUT2D eigenvalue weighted by Gasteiger charge is -2.31. The van der Waals surface area contributed by atoms with Crippen LogP contribution < -0.4 is 14.4 Å². The highest BCUT2D eigenvalue weighted by molar-refractivity contribution is 7.92. The maximum absolute atomic E-state index is 13.2. The molecule has 1 N–H and O–H groups in total. The van der Waals surface area contributed by atoms with Gasteiger partial charge in [-0.3, -0.25) is 9.10 Å². The third-order valence-corrected chi connectivity index (χ3v) is 6.54. The Bertz CT molecular complexity index is 1000. The van der Waals surface area contributed by atoms with Crippen LogP contribution in [-0.4, -0.2) is 33.7 Å². The number of sulfonamides is 1. The second kappa shape index (κ2) is 9.51. The van der Waals surface area contributed by atoms with E-state index in [1.807, 2.05) is 20.8 Å². The van der Waals surface area contributed by atoms with Crippen molar-refractivity contribution >= 4 is 21.6 Å². The molecule has 2 rings (SSSR count). The molecule has 7 heteroatoms. The molecule has 0 fully saturated rings. The van der Waals surface area contributed by atoms with Crippen molar-refractivity contribution in [2.45, 2.75) is 53.1 Å². The van der Waals surface area contributed by atoms with Gasteiger partial charge in [0.15, 0.2) is 0 Å². The first-order chi connectivity index (χ1) is 14.0. The van der Waals surface area contributed by atoms with Crippen molar-refractivity contribution in [3.63, 3.8) is 0 Å². The summed E-state index contributed by atoms with van der Waals surface area (Å²) in [5.41, 5.74) is 4.89. The van der Waals surface area contributed by atoms with Crippen LogP contribution in [0.5, 0.6) is 5.75 Å². The predicted molar refractivity (Wildman–Crippen MR) is 122 cm³/mol. The van der Waals surface area contributed by atoms with Gasteiger partial charge in [0, 0.05) is 0 Å². The van der Waals surface area contributed by atoms with Gasteiger partial charge >= 0.3 is 0 Å². The molecular formula is C23H32N2O4S. The molecule has 0 spiro atoms. The highest BCUT2D eigenvalue weighted by Crippen LogP contribution is 2.26. The molecule has 0 heterocycles. The number of hydrogen-bond acceptors (Lipinski definition) is 4. The normalized spacial score (nSPS) is 13.4. The molecule has 0 unspecified atom stereocenters. The van der Waals surface area contributed by atoms with E-state index in [1.165, 1.54) is 9.87 Å². The van der Waals surface area contributed by atoms with Crippen molar-refractivity contribution in [3.05, 3.63) is 58.7 Å². The molecule has 0 saturated carbocycles. The summed E-state index contributed by atoms with van der Waals surface area (Å²) in [4.78, 5) is 13.2. The zero-order valence-corrected chi connectivity index (χ0v) is 19.6. The number of hydrogen-bond donors (Lipinski definition) is 1. The SMILES string of the molecule is CC[C@H](C(=O)N[C@H](C)c1cc(C)c(C)cc1C)N(c1ccc(OC)cc1)S(C)(=O)=O. The number of methoxy groups -OCH3 is 1. The van der Waals surface area contributed by atoms with E-state index in [0.29, 0.717) is 17.9 Å². The van der Waals surface area contributed by atoms with Gasteiger partial charge in [0.1, 0.15) is 11.8 Å². The zero-order chi connectivity index (χ0) is 22.6. The third-order valence-electron chi connectivity index (χ3n) is 5.36. The van der Waals surface area contributed by atoms with E-state index >= 15 is 0 Å². The number of nitrogens with one attached hydrogen (secondary N) is 1. The third kappa shape index (κ3) is 5.33. The van der Waals surface area contributed by atoms with Gasteiger partial charge in [-0.05, 0) is 80.6 Å². The molecule has 2 aromatic carbocycles. The molecule has 0 aliphatic carbocycles. The number of rotatable bonds is 8. The number of benzene rings is 2. The summed E-state index contributed by atoms with van der Waals surface area (Å²) in [6.45, 7) is 9.83. The minimum absolute atomic E-state index is 0.247. The first kappa shape index (κ1) is 23.7. The van der Waals surface area contributed by atoms with E-state index in [-0.39, 0.29) is 11.9 Å². The monoisotopic (exact) mass is 432 g/mol. The van der Waals surface area contributed by atoms with Crippen LogP contribution in [0.25, 0.3) is 0 Å². The summed E-state index contributed by atoms with van der Waals surface area (Å²) in [6.07, 6.45) is 1.45. The standard InChI is InChI=1S/C23H32N2O4S/c1-8-22(25(30(7,27)28)19-9-11-20(29-6)12-10-19)23(26)24-18(5)21-14-16(3)15(2)13-17(21)4/h9-14,18,22H,8H2,1-7H3,(H,24,26)/t18-,22-/m1/s1. The lowest BCUT2D eigenvalue weighted by atomic mass is 9.96. The first-order valence-electron chi connectivity index (χ1n) is 10.0. The van der Waals surface area contributed by atoms with Crippen LogP contribution in [0.2, 0.25) is 0 Å². The van der Waals surface area contributed by atoms with E-state index in [2.05, 4.69) is 24.4 Å². The zero-order valence-electron chi connectivity index (χ0n) is 18.8. The van der Waals surface area contributed by atoms with Gasteiger partial charge < -0.3 is 10.1 Å². The van der Waals surface area contributed by atoms with Gasteiger partial charge in [0.25, 0.3) is 0 Å². The number of nitrogens with zero attached hydrogens (tertiary/aromatic N) is 1. The largest absolute Gasteiger partial charge is 0.497 e. The minimum Gasteiger partial charge on any atom is -0.497 e. The van der Waals surface area contributed by atoms with Crippen LogP contribution in [-0.2, 0) is 14.8 Å². The van der Waals surface area contributed by atoms with Gasteiger partial charge in [0.05, 0.1) is 25.1 Å². The van der Waals surface area contributed by atoms with E-state index in [0.717, 1.165) is 22.9 Å². The van der Waals surface area contributed by atoms with Crippen molar-refractivity contribution in [2.75, 3.05) is 17.7 Å². The summed E-state index contributed by atoms with van der Waals surface area (Å²) in [7, 11) is -2.14. The lowest BCUT2D eigenvalue weighted by Crippen LogP contribution is -2.49. The molecule has 6 nitrogen and oxygen atoms in total. The molecule has 0 saturated heterocycles. The van der Waals surface area contributed by atoms with E-state index in [1.54, 1.807) is 38.3 Å². The predicted octanol–water partition coefficient (Wildman–Crippen LogP) is 4.04. The Balaban J connectivity index is 2.34. The maximum atomic E-state index is 13.2. The molecule has 2 aromatic rings. The second-order valence-electron chi connectivity index (χ2n) is 7.70. The average Bonchev–Trinajstić information content (AvgIpc) is 2.67. The van der Waals surface area contributed by atoms with Crippen LogP contribution in [0, 0.1) is 20.8 Å². The highest BCUT2D eigenvalue weighted by atomic mass is 32.2. The smallest absolute Gasteiger partial charge is 0.244 e. The van der Waals surface area contributed by atoms with Crippen molar-refractivity contribution in [1.82, 2.24) is 5.32 Å². The Labute approximate surface area is 180 Å². The molecule has 0 aromatic heterocycles. The molecule has 2 atom stereocenters. The Morgan fingerprint density at radius 1 is 1.07 bits per heavy atom. The summed E-state index contributed by atoms with van der Waals surface area (Å²) in [5, 5.41) is 3.01. The van der Waals surface area contributed by atoms with Crippen LogP contribution in [0.15, 0.2) is 36.4 Å². The minimum atomic E-state index is -3.68.